The average Bonchev–Trinajstić information content (AvgIpc) is 3.11. The summed E-state index contributed by atoms with van der Waals surface area (Å²) in [4.78, 5) is 24.6. The lowest BCUT2D eigenvalue weighted by Crippen LogP contribution is -2.42. The van der Waals surface area contributed by atoms with Crippen LogP contribution in [0.3, 0.4) is 0 Å². The molecule has 0 aliphatic carbocycles. The highest BCUT2D eigenvalue weighted by atomic mass is 19.1. The summed E-state index contributed by atoms with van der Waals surface area (Å²) in [6, 6.07) is 7.45. The molecule has 1 aromatic heterocycles. The van der Waals surface area contributed by atoms with E-state index in [1.165, 1.54) is 23.3 Å². The molecule has 1 aliphatic rings. The molecule has 1 aromatic carbocycles. The van der Waals surface area contributed by atoms with Crippen LogP contribution in [0.1, 0.15) is 12.8 Å². The van der Waals surface area contributed by atoms with Gasteiger partial charge in [0.05, 0.1) is 17.9 Å². The molecule has 24 heavy (non-hydrogen) atoms. The summed E-state index contributed by atoms with van der Waals surface area (Å²) in [7, 11) is 0. The molecule has 3 rings (SSSR count). The van der Waals surface area contributed by atoms with Gasteiger partial charge in [0.15, 0.2) is 0 Å². The smallest absolute Gasteiger partial charge is 0.321 e. The van der Waals surface area contributed by atoms with E-state index in [4.69, 9.17) is 9.52 Å². The van der Waals surface area contributed by atoms with Gasteiger partial charge in [0.25, 0.3) is 0 Å². The zero-order valence-corrected chi connectivity index (χ0v) is 12.9. The molecule has 0 radical (unpaired) electrons. The molecular weight excluding hydrogens is 315 g/mol. The van der Waals surface area contributed by atoms with E-state index in [0.717, 1.165) is 0 Å². The van der Waals surface area contributed by atoms with Crippen LogP contribution in [0.4, 0.5) is 14.9 Å². The van der Waals surface area contributed by atoms with Crippen molar-refractivity contribution < 1.29 is 23.5 Å². The van der Waals surface area contributed by atoms with E-state index in [9.17, 15) is 14.0 Å². The molecule has 7 heteroatoms. The monoisotopic (exact) mass is 332 g/mol. The lowest BCUT2D eigenvalue weighted by Gasteiger charge is -2.30. The number of anilines is 1. The van der Waals surface area contributed by atoms with E-state index in [2.05, 4.69) is 5.32 Å². The number of benzene rings is 1. The van der Waals surface area contributed by atoms with E-state index >= 15 is 0 Å². The Hall–Kier alpha value is -2.83. The first-order valence-corrected chi connectivity index (χ1v) is 7.67. The van der Waals surface area contributed by atoms with Crippen LogP contribution in [0.5, 0.6) is 0 Å². The van der Waals surface area contributed by atoms with Gasteiger partial charge in [-0.05, 0) is 43.2 Å². The number of halogens is 1. The molecule has 0 bridgehead atoms. The van der Waals surface area contributed by atoms with E-state index in [0.29, 0.717) is 37.3 Å². The van der Waals surface area contributed by atoms with Crippen LogP contribution in [-0.2, 0) is 4.79 Å². The minimum atomic E-state index is -0.838. The van der Waals surface area contributed by atoms with Gasteiger partial charge in [0.2, 0.25) is 0 Å². The van der Waals surface area contributed by atoms with Crippen molar-refractivity contribution in [2.24, 2.45) is 5.92 Å². The first-order valence-electron chi connectivity index (χ1n) is 7.67. The third-order valence-electron chi connectivity index (χ3n) is 4.15. The third kappa shape index (κ3) is 3.40. The number of piperidine rings is 1. The number of nitrogens with zero attached hydrogens (tertiary/aromatic N) is 1. The molecule has 2 heterocycles. The molecule has 2 amide bonds. The molecule has 2 aromatic rings. The highest BCUT2D eigenvalue weighted by molar-refractivity contribution is 5.90. The van der Waals surface area contributed by atoms with Crippen molar-refractivity contribution in [1.82, 2.24) is 4.90 Å². The SMILES string of the molecule is O=C(O)C1CCN(C(=O)Nc2ccc(-c3ccco3)cc2F)CC1. The Morgan fingerprint density at radius 3 is 2.58 bits per heavy atom. The van der Waals surface area contributed by atoms with Crippen molar-refractivity contribution in [3.05, 3.63) is 42.4 Å². The summed E-state index contributed by atoms with van der Waals surface area (Å²) in [5.41, 5.74) is 0.661. The van der Waals surface area contributed by atoms with Gasteiger partial charge in [0.1, 0.15) is 11.6 Å². The quantitative estimate of drug-likeness (QED) is 0.902. The Morgan fingerprint density at radius 2 is 2.00 bits per heavy atom. The van der Waals surface area contributed by atoms with Crippen molar-refractivity contribution in [1.29, 1.82) is 0 Å². The fourth-order valence-corrected chi connectivity index (χ4v) is 2.74. The minimum absolute atomic E-state index is 0.0793. The number of hydrogen-bond acceptors (Lipinski definition) is 3. The number of carbonyl (C=O) groups excluding carboxylic acids is 1. The van der Waals surface area contributed by atoms with Gasteiger partial charge < -0.3 is 19.7 Å². The zero-order valence-electron chi connectivity index (χ0n) is 12.9. The van der Waals surface area contributed by atoms with Crippen LogP contribution in [0.25, 0.3) is 11.3 Å². The van der Waals surface area contributed by atoms with Crippen LogP contribution in [0.2, 0.25) is 0 Å². The Labute approximate surface area is 137 Å². The summed E-state index contributed by atoms with van der Waals surface area (Å²) in [5, 5.41) is 11.5. The maximum absolute atomic E-state index is 14.2. The van der Waals surface area contributed by atoms with Crippen molar-refractivity contribution in [3.63, 3.8) is 0 Å². The largest absolute Gasteiger partial charge is 0.481 e. The van der Waals surface area contributed by atoms with E-state index in [1.54, 1.807) is 18.2 Å². The molecule has 1 aliphatic heterocycles. The van der Waals surface area contributed by atoms with Gasteiger partial charge in [-0.2, -0.15) is 0 Å². The van der Waals surface area contributed by atoms with Gasteiger partial charge in [-0.15, -0.1) is 0 Å². The predicted molar refractivity (Wildman–Crippen MR) is 85.1 cm³/mol. The van der Waals surface area contributed by atoms with Gasteiger partial charge in [-0.25, -0.2) is 9.18 Å². The Morgan fingerprint density at radius 1 is 1.25 bits per heavy atom. The number of carbonyl (C=O) groups is 2. The number of aliphatic carboxylic acids is 1. The van der Waals surface area contributed by atoms with Crippen molar-refractivity contribution in [2.45, 2.75) is 12.8 Å². The lowest BCUT2D eigenvalue weighted by molar-refractivity contribution is -0.143. The second kappa shape index (κ2) is 6.74. The number of carboxylic acid groups (broad SMARTS) is 1. The number of hydrogen-bond donors (Lipinski definition) is 2. The molecule has 2 N–H and O–H groups in total. The molecule has 0 unspecified atom stereocenters. The Bertz CT molecular complexity index is 737. The van der Waals surface area contributed by atoms with Crippen LogP contribution >= 0.6 is 0 Å². The fraction of sp³-hybridized carbons (Fsp3) is 0.294. The summed E-state index contributed by atoms with van der Waals surface area (Å²) in [6.45, 7) is 0.684. The van der Waals surface area contributed by atoms with E-state index in [-0.39, 0.29) is 5.69 Å². The fourth-order valence-electron chi connectivity index (χ4n) is 2.74. The second-order valence-electron chi connectivity index (χ2n) is 5.70. The highest BCUT2D eigenvalue weighted by Gasteiger charge is 2.27. The maximum atomic E-state index is 14.2. The summed E-state index contributed by atoms with van der Waals surface area (Å²) >= 11 is 0. The van der Waals surface area contributed by atoms with Gasteiger partial charge in [-0.3, -0.25) is 4.79 Å². The molecule has 126 valence electrons. The molecule has 1 fully saturated rings. The number of likely N-dealkylation sites (tertiary alicyclic amines) is 1. The molecule has 1 saturated heterocycles. The zero-order chi connectivity index (χ0) is 17.1. The Kier molecular flexibility index (Phi) is 4.50. The first-order chi connectivity index (χ1) is 11.5. The summed E-state index contributed by atoms with van der Waals surface area (Å²) in [5.74, 6) is -1.27. The van der Waals surface area contributed by atoms with Gasteiger partial charge in [0, 0.05) is 18.7 Å². The average molecular weight is 332 g/mol. The number of urea groups is 1. The van der Waals surface area contributed by atoms with Crippen LogP contribution in [0.15, 0.2) is 41.0 Å². The Balaban J connectivity index is 1.64. The van der Waals surface area contributed by atoms with Gasteiger partial charge >= 0.3 is 12.0 Å². The summed E-state index contributed by atoms with van der Waals surface area (Å²) in [6.07, 6.45) is 2.31. The van der Waals surface area contributed by atoms with Crippen LogP contribution in [-0.4, -0.2) is 35.1 Å². The molecule has 0 saturated carbocycles. The number of rotatable bonds is 3. The normalized spacial score (nSPS) is 15.3. The maximum Gasteiger partial charge on any atom is 0.321 e. The van der Waals surface area contributed by atoms with Crippen molar-refractivity contribution in [2.75, 3.05) is 18.4 Å². The number of amides is 2. The predicted octanol–water partition coefficient (Wildman–Crippen LogP) is 3.41. The molecule has 0 atom stereocenters. The van der Waals surface area contributed by atoms with Gasteiger partial charge in [-0.1, -0.05) is 0 Å². The first kappa shape index (κ1) is 16.0. The second-order valence-corrected chi connectivity index (χ2v) is 5.70. The van der Waals surface area contributed by atoms with E-state index < -0.39 is 23.7 Å². The summed E-state index contributed by atoms with van der Waals surface area (Å²) < 4.78 is 19.4. The number of nitrogens with one attached hydrogen (secondary N) is 1. The molecule has 6 nitrogen and oxygen atoms in total. The highest BCUT2D eigenvalue weighted by Crippen LogP contribution is 2.25. The van der Waals surface area contributed by atoms with Crippen LogP contribution < -0.4 is 5.32 Å². The van der Waals surface area contributed by atoms with Crippen molar-refractivity contribution in [3.8, 4) is 11.3 Å². The third-order valence-corrected chi connectivity index (χ3v) is 4.15. The minimum Gasteiger partial charge on any atom is -0.481 e. The standard InChI is InChI=1S/C17H17FN2O4/c18-13-10-12(15-2-1-9-24-15)3-4-14(13)19-17(23)20-7-5-11(6-8-20)16(21)22/h1-4,9-11H,5-8H2,(H,19,23)(H,21,22). The molecule has 0 spiro atoms. The van der Waals surface area contributed by atoms with Crippen LogP contribution in [0, 0.1) is 11.7 Å². The number of furan rings is 1. The van der Waals surface area contributed by atoms with E-state index in [1.807, 2.05) is 0 Å². The molecular formula is C17H17FN2O4. The lowest BCUT2D eigenvalue weighted by atomic mass is 9.97. The topological polar surface area (TPSA) is 82.8 Å². The van der Waals surface area contributed by atoms with Crippen molar-refractivity contribution >= 4 is 17.7 Å². The number of carboxylic acids is 1.